The van der Waals surface area contributed by atoms with Gasteiger partial charge in [0.15, 0.2) is 0 Å². The lowest BCUT2D eigenvalue weighted by Crippen LogP contribution is -2.25. The quantitative estimate of drug-likeness (QED) is 0.449. The van der Waals surface area contributed by atoms with E-state index >= 15 is 0 Å². The summed E-state index contributed by atoms with van der Waals surface area (Å²) in [5, 5.41) is 10.8. The highest BCUT2D eigenvalue weighted by Gasteiger charge is 2.30. The lowest BCUT2D eigenvalue weighted by Gasteiger charge is -2.34. The molecule has 0 amide bonds. The Balaban J connectivity index is 3.23. The first kappa shape index (κ1) is 23.1. The van der Waals surface area contributed by atoms with Crippen LogP contribution in [0.1, 0.15) is 111 Å². The van der Waals surface area contributed by atoms with E-state index in [1.54, 1.807) is 0 Å². The van der Waals surface area contributed by atoms with Crippen molar-refractivity contribution < 1.29 is 5.11 Å². The molecule has 1 nitrogen and oxygen atoms in total. The van der Waals surface area contributed by atoms with Crippen molar-refractivity contribution in [2.45, 2.75) is 112 Å². The van der Waals surface area contributed by atoms with E-state index in [-0.39, 0.29) is 10.8 Å². The molecular formula is C25H44O. The molecule has 1 N–H and O–H groups in total. The van der Waals surface area contributed by atoms with Gasteiger partial charge in [-0.05, 0) is 53.6 Å². The van der Waals surface area contributed by atoms with Gasteiger partial charge < -0.3 is 5.11 Å². The predicted octanol–water partition coefficient (Wildman–Crippen LogP) is 7.91. The highest BCUT2D eigenvalue weighted by molar-refractivity contribution is 5.48. The standard InChI is InChI=1S/C25H44O/c1-10-12-18(3)16-24(6,7)21-14-20(5)23(26)22(15-21)25(8,9)17-19(4)13-11-2/h14-15,18-19,26H,10-13,16-17H2,1-9H3. The van der Waals surface area contributed by atoms with Crippen molar-refractivity contribution in [2.24, 2.45) is 11.8 Å². The van der Waals surface area contributed by atoms with Gasteiger partial charge in [0, 0.05) is 5.56 Å². The molecule has 0 fully saturated rings. The summed E-state index contributed by atoms with van der Waals surface area (Å²) in [6, 6.07) is 4.52. The van der Waals surface area contributed by atoms with Gasteiger partial charge in [-0.3, -0.25) is 0 Å². The molecular weight excluding hydrogens is 316 g/mol. The lowest BCUT2D eigenvalue weighted by molar-refractivity contribution is 0.342. The first-order chi connectivity index (χ1) is 11.9. The zero-order valence-corrected chi connectivity index (χ0v) is 19.0. The maximum atomic E-state index is 10.8. The van der Waals surface area contributed by atoms with Crippen molar-refractivity contribution in [3.63, 3.8) is 0 Å². The molecule has 1 aromatic rings. The average Bonchev–Trinajstić information content (AvgIpc) is 2.48. The van der Waals surface area contributed by atoms with E-state index in [9.17, 15) is 5.11 Å². The number of aryl methyl sites for hydroxylation is 1. The Labute approximate surface area is 163 Å². The molecule has 0 bridgehead atoms. The van der Waals surface area contributed by atoms with Crippen LogP contribution in [0.15, 0.2) is 12.1 Å². The maximum absolute atomic E-state index is 10.8. The zero-order valence-electron chi connectivity index (χ0n) is 19.0. The Morgan fingerprint density at radius 3 is 1.77 bits per heavy atom. The number of rotatable bonds is 10. The molecule has 0 saturated heterocycles. The van der Waals surface area contributed by atoms with Gasteiger partial charge in [0.05, 0.1) is 0 Å². The molecule has 0 aromatic heterocycles. The van der Waals surface area contributed by atoms with E-state index in [1.807, 2.05) is 0 Å². The van der Waals surface area contributed by atoms with Crippen molar-refractivity contribution in [3.05, 3.63) is 28.8 Å². The van der Waals surface area contributed by atoms with Crippen molar-refractivity contribution in [2.75, 3.05) is 0 Å². The van der Waals surface area contributed by atoms with Gasteiger partial charge in [0.1, 0.15) is 5.75 Å². The van der Waals surface area contributed by atoms with Crippen LogP contribution in [0.4, 0.5) is 0 Å². The van der Waals surface area contributed by atoms with Gasteiger partial charge in [0.25, 0.3) is 0 Å². The Kier molecular flexibility index (Phi) is 8.24. The second-order valence-corrected chi connectivity index (χ2v) is 10.2. The topological polar surface area (TPSA) is 20.2 Å². The van der Waals surface area contributed by atoms with E-state index in [2.05, 4.69) is 74.4 Å². The summed E-state index contributed by atoms with van der Waals surface area (Å²) < 4.78 is 0. The van der Waals surface area contributed by atoms with Crippen LogP contribution in [-0.4, -0.2) is 5.11 Å². The Morgan fingerprint density at radius 2 is 1.31 bits per heavy atom. The van der Waals surface area contributed by atoms with E-state index in [4.69, 9.17) is 0 Å². The largest absolute Gasteiger partial charge is 0.507 e. The van der Waals surface area contributed by atoms with Crippen molar-refractivity contribution in [3.8, 4) is 5.75 Å². The molecule has 2 unspecified atom stereocenters. The summed E-state index contributed by atoms with van der Waals surface area (Å²) >= 11 is 0. The van der Waals surface area contributed by atoms with E-state index in [0.717, 1.165) is 23.5 Å². The number of hydrogen-bond acceptors (Lipinski definition) is 1. The molecule has 0 heterocycles. The third-order valence-electron chi connectivity index (χ3n) is 6.09. The average molecular weight is 361 g/mol. The number of phenolic OH excluding ortho intramolecular Hbond substituents is 1. The minimum absolute atomic E-state index is 0.00937. The van der Waals surface area contributed by atoms with Crippen LogP contribution in [-0.2, 0) is 10.8 Å². The molecule has 1 heteroatoms. The second-order valence-electron chi connectivity index (χ2n) is 10.2. The number of hydrogen-bond donors (Lipinski definition) is 1. The summed E-state index contributed by atoms with van der Waals surface area (Å²) in [5.41, 5.74) is 3.65. The summed E-state index contributed by atoms with van der Waals surface area (Å²) in [5.74, 6) is 1.90. The third-order valence-corrected chi connectivity index (χ3v) is 6.09. The fraction of sp³-hybridized carbons (Fsp3) is 0.760. The normalized spacial score (nSPS) is 15.1. The fourth-order valence-corrected chi connectivity index (χ4v) is 4.85. The highest BCUT2D eigenvalue weighted by Crippen LogP contribution is 2.42. The van der Waals surface area contributed by atoms with Crippen molar-refractivity contribution >= 4 is 0 Å². The van der Waals surface area contributed by atoms with Crippen LogP contribution in [0, 0.1) is 18.8 Å². The van der Waals surface area contributed by atoms with Gasteiger partial charge in [-0.1, -0.05) is 93.2 Å². The SMILES string of the molecule is CCCC(C)CC(C)(C)c1cc(C)c(O)c(C(C)(C)CC(C)CCC)c1. The fourth-order valence-electron chi connectivity index (χ4n) is 4.85. The molecule has 1 rings (SSSR count). The Hall–Kier alpha value is -0.980. The molecule has 0 aliphatic heterocycles. The lowest BCUT2D eigenvalue weighted by atomic mass is 9.71. The van der Waals surface area contributed by atoms with Crippen LogP contribution >= 0.6 is 0 Å². The zero-order chi connectivity index (χ0) is 20.1. The molecule has 0 aliphatic rings. The molecule has 0 saturated carbocycles. The highest BCUT2D eigenvalue weighted by atomic mass is 16.3. The van der Waals surface area contributed by atoms with Crippen molar-refractivity contribution in [1.82, 2.24) is 0 Å². The van der Waals surface area contributed by atoms with E-state index in [0.29, 0.717) is 11.7 Å². The number of benzene rings is 1. The first-order valence-electron chi connectivity index (χ1n) is 10.8. The molecule has 26 heavy (non-hydrogen) atoms. The van der Waals surface area contributed by atoms with E-state index in [1.165, 1.54) is 37.7 Å². The van der Waals surface area contributed by atoms with Crippen LogP contribution in [0.3, 0.4) is 0 Å². The number of phenols is 1. The van der Waals surface area contributed by atoms with Crippen LogP contribution in [0.5, 0.6) is 5.75 Å². The maximum Gasteiger partial charge on any atom is 0.122 e. The molecule has 0 spiro atoms. The van der Waals surface area contributed by atoms with Gasteiger partial charge in [-0.15, -0.1) is 0 Å². The number of aromatic hydroxyl groups is 1. The summed E-state index contributed by atoms with van der Waals surface area (Å²) in [6.45, 7) is 20.6. The molecule has 150 valence electrons. The summed E-state index contributed by atoms with van der Waals surface area (Å²) in [4.78, 5) is 0. The summed E-state index contributed by atoms with van der Waals surface area (Å²) in [6.07, 6.45) is 7.32. The van der Waals surface area contributed by atoms with Gasteiger partial charge >= 0.3 is 0 Å². The second kappa shape index (κ2) is 9.29. The monoisotopic (exact) mass is 360 g/mol. The Morgan fingerprint density at radius 1 is 0.846 bits per heavy atom. The third kappa shape index (κ3) is 6.03. The van der Waals surface area contributed by atoms with Crippen LogP contribution in [0.25, 0.3) is 0 Å². The smallest absolute Gasteiger partial charge is 0.122 e. The Bertz CT molecular complexity index is 568. The van der Waals surface area contributed by atoms with Crippen LogP contribution in [0.2, 0.25) is 0 Å². The van der Waals surface area contributed by atoms with Gasteiger partial charge in [-0.2, -0.15) is 0 Å². The van der Waals surface area contributed by atoms with E-state index < -0.39 is 0 Å². The summed E-state index contributed by atoms with van der Waals surface area (Å²) in [7, 11) is 0. The van der Waals surface area contributed by atoms with Gasteiger partial charge in [0.2, 0.25) is 0 Å². The predicted molar refractivity (Wildman–Crippen MR) is 116 cm³/mol. The van der Waals surface area contributed by atoms with Crippen molar-refractivity contribution in [1.29, 1.82) is 0 Å². The van der Waals surface area contributed by atoms with Crippen LogP contribution < -0.4 is 0 Å². The molecule has 2 atom stereocenters. The minimum atomic E-state index is -0.00937. The first-order valence-corrected chi connectivity index (χ1v) is 10.8. The van der Waals surface area contributed by atoms with Gasteiger partial charge in [-0.25, -0.2) is 0 Å². The molecule has 1 aromatic carbocycles. The molecule has 0 aliphatic carbocycles. The molecule has 0 radical (unpaired) electrons. The minimum Gasteiger partial charge on any atom is -0.507 e.